The molecule has 42 heavy (non-hydrogen) atoms. The van der Waals surface area contributed by atoms with Crippen molar-refractivity contribution in [2.24, 2.45) is 5.92 Å². The minimum atomic E-state index is -0.137. The van der Waals surface area contributed by atoms with Gasteiger partial charge in [-0.25, -0.2) is 15.0 Å². The molecule has 0 bridgehead atoms. The molecule has 5 heterocycles. The van der Waals surface area contributed by atoms with E-state index in [9.17, 15) is 4.79 Å². The Hall–Kier alpha value is -2.98. The van der Waals surface area contributed by atoms with Gasteiger partial charge in [0.2, 0.25) is 11.8 Å². The second-order valence-electron chi connectivity index (χ2n) is 11.6. The summed E-state index contributed by atoms with van der Waals surface area (Å²) < 4.78 is 11.1. The molecule has 0 spiro atoms. The maximum absolute atomic E-state index is 11.7. The Morgan fingerprint density at radius 2 is 1.64 bits per heavy atom. The Labute approximate surface area is 256 Å². The van der Waals surface area contributed by atoms with Crippen molar-refractivity contribution in [1.82, 2.24) is 24.8 Å². The third-order valence-electron chi connectivity index (χ3n) is 8.76. The van der Waals surface area contributed by atoms with Gasteiger partial charge in [0.25, 0.3) is 0 Å². The molecule has 3 aliphatic heterocycles. The first-order chi connectivity index (χ1) is 20.3. The molecule has 1 aromatic carbocycles. The number of carbonyl (C=O) groups is 1. The number of fused-ring (bicyclic) bond motifs is 1. The zero-order valence-corrected chi connectivity index (χ0v) is 25.5. The monoisotopic (exact) mass is 610 g/mol. The lowest BCUT2D eigenvalue weighted by atomic mass is 9.93. The molecule has 3 fully saturated rings. The molecule has 2 aromatic heterocycles. The maximum atomic E-state index is 11.7. The largest absolute Gasteiger partial charge is 0.469 e. The fourth-order valence-electron chi connectivity index (χ4n) is 6.56. The van der Waals surface area contributed by atoms with Crippen molar-refractivity contribution in [3.05, 3.63) is 58.3 Å². The molecule has 11 heteroatoms. The van der Waals surface area contributed by atoms with Gasteiger partial charge in [0.15, 0.2) is 5.75 Å². The summed E-state index contributed by atoms with van der Waals surface area (Å²) in [6.45, 7) is 4.62. The van der Waals surface area contributed by atoms with Gasteiger partial charge in [0.05, 0.1) is 25.2 Å². The number of nitrogens with zero attached hydrogens (tertiary/aromatic N) is 6. The van der Waals surface area contributed by atoms with E-state index in [1.165, 1.54) is 7.11 Å². The second kappa shape index (κ2) is 12.7. The van der Waals surface area contributed by atoms with Crippen molar-refractivity contribution in [1.29, 1.82) is 0 Å². The number of likely N-dealkylation sites (N-methyl/N-ethyl adjacent to an activating group) is 1. The molecule has 3 saturated heterocycles. The Bertz CT molecular complexity index is 1400. The van der Waals surface area contributed by atoms with Crippen LogP contribution in [0.4, 0.5) is 5.95 Å². The standard InChI is InChI=1S/C31H36Cl2N6O3/c1-37-7-5-28-27(37)6-10-39(28)31-34-17-25(18-35-31)42-29-12-21(11-26(36-29)22-14-23(32)16-24(33)15-22)19-38-8-3-20(4-9-38)13-30(40)41-2/h11-12,14-18,20,27-28H,3-10,13,19H2,1-2H3. The molecule has 0 N–H and O–H groups in total. The lowest BCUT2D eigenvalue weighted by Gasteiger charge is -2.31. The average molecular weight is 612 g/mol. The van der Waals surface area contributed by atoms with E-state index in [0.29, 0.717) is 46.1 Å². The highest BCUT2D eigenvalue weighted by Gasteiger charge is 2.41. The van der Waals surface area contributed by atoms with Gasteiger partial charge in [-0.2, -0.15) is 0 Å². The summed E-state index contributed by atoms with van der Waals surface area (Å²) >= 11 is 12.7. The normalized spacial score (nSPS) is 21.5. The van der Waals surface area contributed by atoms with E-state index in [4.69, 9.17) is 37.7 Å². The summed E-state index contributed by atoms with van der Waals surface area (Å²) in [7, 11) is 3.65. The first kappa shape index (κ1) is 29.1. The van der Waals surface area contributed by atoms with E-state index in [-0.39, 0.29) is 5.97 Å². The minimum absolute atomic E-state index is 0.137. The SMILES string of the molecule is COC(=O)CC1CCN(Cc2cc(Oc3cnc(N4CCC5C4CCN5C)nc3)nc(-c3cc(Cl)cc(Cl)c3)c2)CC1. The number of hydrogen-bond acceptors (Lipinski definition) is 9. The first-order valence-electron chi connectivity index (χ1n) is 14.6. The molecular weight excluding hydrogens is 575 g/mol. The van der Waals surface area contributed by atoms with E-state index >= 15 is 0 Å². The van der Waals surface area contributed by atoms with Crippen LogP contribution in [0.2, 0.25) is 10.0 Å². The topological polar surface area (TPSA) is 83.9 Å². The predicted molar refractivity (Wildman–Crippen MR) is 163 cm³/mol. The van der Waals surface area contributed by atoms with Crippen LogP contribution in [0, 0.1) is 5.92 Å². The van der Waals surface area contributed by atoms with Crippen molar-refractivity contribution < 1.29 is 14.3 Å². The number of ether oxygens (including phenoxy) is 2. The predicted octanol–water partition coefficient (Wildman–Crippen LogP) is 5.70. The van der Waals surface area contributed by atoms with E-state index in [2.05, 4.69) is 37.8 Å². The van der Waals surface area contributed by atoms with Crippen molar-refractivity contribution in [3.8, 4) is 22.9 Å². The molecule has 0 radical (unpaired) electrons. The molecule has 0 aliphatic carbocycles. The van der Waals surface area contributed by atoms with Gasteiger partial charge in [-0.05, 0) is 81.6 Å². The lowest BCUT2D eigenvalue weighted by molar-refractivity contribution is -0.142. The zero-order chi connectivity index (χ0) is 29.2. The van der Waals surface area contributed by atoms with Gasteiger partial charge in [0, 0.05) is 59.8 Å². The molecular formula is C31H36Cl2N6O3. The number of piperidine rings is 1. The van der Waals surface area contributed by atoms with Gasteiger partial charge in [-0.3, -0.25) is 9.69 Å². The Balaban J connectivity index is 1.20. The van der Waals surface area contributed by atoms with E-state index < -0.39 is 0 Å². The van der Waals surface area contributed by atoms with Crippen LogP contribution >= 0.6 is 23.2 Å². The van der Waals surface area contributed by atoms with Gasteiger partial charge < -0.3 is 19.3 Å². The number of methoxy groups -OCH3 is 1. The Morgan fingerprint density at radius 1 is 0.929 bits per heavy atom. The number of rotatable bonds is 8. The van der Waals surface area contributed by atoms with Crippen molar-refractivity contribution >= 4 is 35.1 Å². The van der Waals surface area contributed by atoms with Crippen molar-refractivity contribution in [3.63, 3.8) is 0 Å². The van der Waals surface area contributed by atoms with Crippen LogP contribution < -0.4 is 9.64 Å². The van der Waals surface area contributed by atoms with Crippen LogP contribution in [-0.4, -0.2) is 83.1 Å². The Morgan fingerprint density at radius 3 is 2.36 bits per heavy atom. The number of benzene rings is 1. The number of pyridine rings is 1. The molecule has 2 unspecified atom stereocenters. The van der Waals surface area contributed by atoms with Gasteiger partial charge in [-0.1, -0.05) is 23.2 Å². The third-order valence-corrected chi connectivity index (χ3v) is 9.20. The van der Waals surface area contributed by atoms with Crippen molar-refractivity contribution in [2.45, 2.75) is 50.7 Å². The summed E-state index contributed by atoms with van der Waals surface area (Å²) in [6.07, 6.45) is 8.12. The molecule has 3 aromatic rings. The van der Waals surface area contributed by atoms with Crippen LogP contribution in [-0.2, 0) is 16.1 Å². The van der Waals surface area contributed by atoms with Crippen LogP contribution in [0.3, 0.4) is 0 Å². The number of carbonyl (C=O) groups excluding carboxylic acids is 1. The summed E-state index contributed by atoms with van der Waals surface area (Å²) in [5.74, 6) is 1.95. The quantitative estimate of drug-likeness (QED) is 0.298. The van der Waals surface area contributed by atoms with E-state index in [0.717, 1.165) is 81.2 Å². The van der Waals surface area contributed by atoms with E-state index in [1.807, 2.05) is 18.2 Å². The minimum Gasteiger partial charge on any atom is -0.469 e. The molecule has 2 atom stereocenters. The van der Waals surface area contributed by atoms with Crippen molar-refractivity contribution in [2.75, 3.05) is 45.2 Å². The first-order valence-corrected chi connectivity index (χ1v) is 15.3. The fraction of sp³-hybridized carbons (Fsp3) is 0.484. The second-order valence-corrected chi connectivity index (χ2v) is 12.4. The average Bonchev–Trinajstić information content (AvgIpc) is 3.56. The summed E-state index contributed by atoms with van der Waals surface area (Å²) in [6, 6.07) is 10.5. The number of likely N-dealkylation sites (tertiary alicyclic amines) is 2. The molecule has 3 aliphatic rings. The van der Waals surface area contributed by atoms with Crippen LogP contribution in [0.15, 0.2) is 42.7 Å². The fourth-order valence-corrected chi connectivity index (χ4v) is 7.09. The molecule has 9 nitrogen and oxygen atoms in total. The summed E-state index contributed by atoms with van der Waals surface area (Å²) in [5.41, 5.74) is 2.59. The Kier molecular flexibility index (Phi) is 8.81. The summed E-state index contributed by atoms with van der Waals surface area (Å²) in [4.78, 5) is 33.0. The highest BCUT2D eigenvalue weighted by molar-refractivity contribution is 6.35. The van der Waals surface area contributed by atoms with Gasteiger partial charge in [0.1, 0.15) is 0 Å². The maximum Gasteiger partial charge on any atom is 0.305 e. The van der Waals surface area contributed by atoms with E-state index in [1.54, 1.807) is 18.5 Å². The number of aromatic nitrogens is 3. The number of hydrogen-bond donors (Lipinski definition) is 0. The van der Waals surface area contributed by atoms with Gasteiger partial charge >= 0.3 is 5.97 Å². The van der Waals surface area contributed by atoms with Gasteiger partial charge in [-0.15, -0.1) is 0 Å². The molecule has 222 valence electrons. The van der Waals surface area contributed by atoms with Crippen LogP contribution in [0.25, 0.3) is 11.3 Å². The number of halogens is 2. The number of esters is 1. The molecule has 0 amide bonds. The smallest absolute Gasteiger partial charge is 0.305 e. The zero-order valence-electron chi connectivity index (χ0n) is 24.0. The highest BCUT2D eigenvalue weighted by atomic mass is 35.5. The molecule has 6 rings (SSSR count). The van der Waals surface area contributed by atoms with Crippen LogP contribution in [0.5, 0.6) is 11.6 Å². The van der Waals surface area contributed by atoms with Crippen LogP contribution in [0.1, 0.15) is 37.7 Å². The third kappa shape index (κ3) is 6.64. The molecule has 0 saturated carbocycles. The lowest BCUT2D eigenvalue weighted by Crippen LogP contribution is -2.35. The number of anilines is 1. The summed E-state index contributed by atoms with van der Waals surface area (Å²) in [5, 5.41) is 1.09. The highest BCUT2D eigenvalue weighted by Crippen LogP contribution is 2.34.